The number of hydrogen-bond donors (Lipinski definition) is 0. The molecule has 0 fully saturated rings. The van der Waals surface area contributed by atoms with Gasteiger partial charge in [0.2, 0.25) is 0 Å². The van der Waals surface area contributed by atoms with Crippen molar-refractivity contribution < 1.29 is 9.47 Å². The van der Waals surface area contributed by atoms with Gasteiger partial charge in [0.15, 0.2) is 6.29 Å². The molecule has 1 atom stereocenters. The highest BCUT2D eigenvalue weighted by Gasteiger charge is 2.04. The number of fused-ring (bicyclic) bond motifs is 1. The third-order valence-corrected chi connectivity index (χ3v) is 3.22. The lowest BCUT2D eigenvalue weighted by Crippen LogP contribution is -2.16. The Balaban J connectivity index is 2.06. The fourth-order valence-corrected chi connectivity index (χ4v) is 2.06. The third-order valence-electron chi connectivity index (χ3n) is 3.22. The van der Waals surface area contributed by atoms with Crippen LogP contribution in [0.1, 0.15) is 32.3 Å². The summed E-state index contributed by atoms with van der Waals surface area (Å²) in [5, 5.41) is 2.35. The van der Waals surface area contributed by atoms with E-state index >= 15 is 0 Å². The van der Waals surface area contributed by atoms with E-state index < -0.39 is 0 Å². The molecule has 2 nitrogen and oxygen atoms in total. The Kier molecular flexibility index (Phi) is 5.19. The topological polar surface area (TPSA) is 18.5 Å². The van der Waals surface area contributed by atoms with E-state index in [1.54, 1.807) is 0 Å². The highest BCUT2D eigenvalue weighted by atomic mass is 16.7. The van der Waals surface area contributed by atoms with E-state index in [0.29, 0.717) is 0 Å². The first kappa shape index (κ1) is 14.6. The summed E-state index contributed by atoms with van der Waals surface area (Å²) in [6.45, 7) is 8.61. The molecule has 0 aliphatic heterocycles. The van der Waals surface area contributed by atoms with Crippen molar-refractivity contribution in [1.82, 2.24) is 0 Å². The molecule has 0 bridgehead atoms. The van der Waals surface area contributed by atoms with Gasteiger partial charge in [-0.3, -0.25) is 0 Å². The molecule has 0 saturated carbocycles. The van der Waals surface area contributed by atoms with Crippen LogP contribution < -0.4 is 4.74 Å². The summed E-state index contributed by atoms with van der Waals surface area (Å²) in [5.41, 5.74) is 1.13. The summed E-state index contributed by atoms with van der Waals surface area (Å²) in [4.78, 5) is 0. The zero-order chi connectivity index (χ0) is 14.4. The fourth-order valence-electron chi connectivity index (χ4n) is 2.06. The van der Waals surface area contributed by atoms with Crippen LogP contribution in [-0.4, -0.2) is 12.9 Å². The fraction of sp³-hybridized carbons (Fsp3) is 0.333. The van der Waals surface area contributed by atoms with Crippen LogP contribution in [0.4, 0.5) is 0 Å². The number of benzene rings is 2. The predicted molar refractivity (Wildman–Crippen MR) is 85.0 cm³/mol. The van der Waals surface area contributed by atoms with Crippen molar-refractivity contribution in [1.29, 1.82) is 0 Å². The van der Waals surface area contributed by atoms with E-state index in [9.17, 15) is 0 Å². The molecule has 0 aromatic heterocycles. The van der Waals surface area contributed by atoms with Gasteiger partial charge < -0.3 is 9.47 Å². The summed E-state index contributed by atoms with van der Waals surface area (Å²) in [6.07, 6.45) is 3.84. The van der Waals surface area contributed by atoms with E-state index in [1.807, 2.05) is 25.1 Å². The van der Waals surface area contributed by atoms with E-state index in [4.69, 9.17) is 9.47 Å². The minimum Gasteiger partial charge on any atom is -0.465 e. The highest BCUT2D eigenvalue weighted by molar-refractivity contribution is 5.85. The van der Waals surface area contributed by atoms with Crippen LogP contribution in [0.3, 0.4) is 0 Å². The van der Waals surface area contributed by atoms with Gasteiger partial charge in [-0.25, -0.2) is 0 Å². The van der Waals surface area contributed by atoms with Crippen molar-refractivity contribution in [2.75, 3.05) is 6.61 Å². The molecule has 0 radical (unpaired) electrons. The van der Waals surface area contributed by atoms with Crippen LogP contribution >= 0.6 is 0 Å². The van der Waals surface area contributed by atoms with Gasteiger partial charge in [0, 0.05) is 0 Å². The van der Waals surface area contributed by atoms with Crippen LogP contribution in [0.5, 0.6) is 5.75 Å². The van der Waals surface area contributed by atoms with Gasteiger partial charge in [-0.05, 0) is 47.9 Å². The minimum absolute atomic E-state index is 0.216. The van der Waals surface area contributed by atoms with Crippen molar-refractivity contribution in [2.45, 2.75) is 33.0 Å². The lowest BCUT2D eigenvalue weighted by Gasteiger charge is -2.15. The Morgan fingerprint density at radius 1 is 1.15 bits per heavy atom. The lowest BCUT2D eigenvalue weighted by atomic mass is 10.1. The Morgan fingerprint density at radius 3 is 2.65 bits per heavy atom. The van der Waals surface area contributed by atoms with E-state index in [-0.39, 0.29) is 6.29 Å². The highest BCUT2D eigenvalue weighted by Crippen LogP contribution is 2.23. The Bertz CT molecular complexity index is 575. The van der Waals surface area contributed by atoms with Gasteiger partial charge in [0.05, 0.1) is 6.61 Å². The molecule has 2 aromatic carbocycles. The van der Waals surface area contributed by atoms with Gasteiger partial charge in [0.25, 0.3) is 0 Å². The SMILES string of the molecule is C=Cc1ccc2cc(OC(C)OCCCC)ccc2c1. The molecule has 0 N–H and O–H groups in total. The zero-order valence-electron chi connectivity index (χ0n) is 12.3. The second kappa shape index (κ2) is 7.11. The average Bonchev–Trinajstić information content (AvgIpc) is 2.47. The molecule has 2 rings (SSSR count). The molecule has 0 saturated heterocycles. The van der Waals surface area contributed by atoms with Crippen molar-refractivity contribution in [2.24, 2.45) is 0 Å². The summed E-state index contributed by atoms with van der Waals surface area (Å²) in [5.74, 6) is 0.841. The summed E-state index contributed by atoms with van der Waals surface area (Å²) >= 11 is 0. The number of hydrogen-bond acceptors (Lipinski definition) is 2. The average molecular weight is 270 g/mol. The van der Waals surface area contributed by atoms with Gasteiger partial charge in [-0.15, -0.1) is 0 Å². The molecule has 0 amide bonds. The normalized spacial score (nSPS) is 12.3. The second-order valence-electron chi connectivity index (χ2n) is 4.88. The Morgan fingerprint density at radius 2 is 1.90 bits per heavy atom. The predicted octanol–water partition coefficient (Wildman–Crippen LogP) is 5.02. The molecule has 1 unspecified atom stereocenters. The number of ether oxygens (including phenoxy) is 2. The molecule has 2 heteroatoms. The van der Waals surface area contributed by atoms with Gasteiger partial charge in [-0.1, -0.05) is 44.2 Å². The van der Waals surface area contributed by atoms with Crippen molar-refractivity contribution in [3.05, 3.63) is 48.5 Å². The molecule has 0 spiro atoms. The second-order valence-corrected chi connectivity index (χ2v) is 4.88. The van der Waals surface area contributed by atoms with Gasteiger partial charge in [-0.2, -0.15) is 0 Å². The van der Waals surface area contributed by atoms with E-state index in [2.05, 4.69) is 37.8 Å². The van der Waals surface area contributed by atoms with Crippen LogP contribution in [0.2, 0.25) is 0 Å². The van der Waals surface area contributed by atoms with Crippen LogP contribution in [-0.2, 0) is 4.74 Å². The maximum atomic E-state index is 5.78. The van der Waals surface area contributed by atoms with Crippen LogP contribution in [0.15, 0.2) is 43.0 Å². The largest absolute Gasteiger partial charge is 0.465 e. The maximum absolute atomic E-state index is 5.78. The van der Waals surface area contributed by atoms with Gasteiger partial charge >= 0.3 is 0 Å². The molecule has 2 aromatic rings. The monoisotopic (exact) mass is 270 g/mol. The quantitative estimate of drug-likeness (QED) is 0.519. The number of unbranched alkanes of at least 4 members (excludes halogenated alkanes) is 1. The van der Waals surface area contributed by atoms with Crippen molar-refractivity contribution in [3.8, 4) is 5.75 Å². The van der Waals surface area contributed by atoms with Crippen molar-refractivity contribution >= 4 is 16.8 Å². The smallest absolute Gasteiger partial charge is 0.196 e. The van der Waals surface area contributed by atoms with E-state index in [0.717, 1.165) is 36.1 Å². The third kappa shape index (κ3) is 3.84. The summed E-state index contributed by atoms with van der Waals surface area (Å²) in [6, 6.07) is 12.3. The molecular formula is C18H22O2. The molecule has 106 valence electrons. The summed E-state index contributed by atoms with van der Waals surface area (Å²) in [7, 11) is 0. The zero-order valence-corrected chi connectivity index (χ0v) is 12.3. The van der Waals surface area contributed by atoms with Crippen LogP contribution in [0.25, 0.3) is 16.8 Å². The molecule has 20 heavy (non-hydrogen) atoms. The van der Waals surface area contributed by atoms with Crippen LogP contribution in [0, 0.1) is 0 Å². The Hall–Kier alpha value is -1.80. The Labute approximate surface area is 121 Å². The molecule has 0 heterocycles. The van der Waals surface area contributed by atoms with Gasteiger partial charge in [0.1, 0.15) is 5.75 Å². The number of rotatable bonds is 7. The first-order chi connectivity index (χ1) is 9.72. The first-order valence-electron chi connectivity index (χ1n) is 7.17. The van der Waals surface area contributed by atoms with Crippen molar-refractivity contribution in [3.63, 3.8) is 0 Å². The summed E-state index contributed by atoms with van der Waals surface area (Å²) < 4.78 is 11.4. The molecular weight excluding hydrogens is 248 g/mol. The molecule has 0 aliphatic carbocycles. The standard InChI is InChI=1S/C18H22O2/c1-4-6-11-19-14(3)20-18-10-9-16-12-15(5-2)7-8-17(16)13-18/h5,7-10,12-14H,2,4,6,11H2,1,3H3. The molecule has 0 aliphatic rings. The lowest BCUT2D eigenvalue weighted by molar-refractivity contribution is -0.0673. The first-order valence-corrected chi connectivity index (χ1v) is 7.17. The van der Waals surface area contributed by atoms with E-state index in [1.165, 1.54) is 5.39 Å². The minimum atomic E-state index is -0.216. The maximum Gasteiger partial charge on any atom is 0.196 e.